The maximum absolute atomic E-state index is 12.3. The third kappa shape index (κ3) is 5.10. The monoisotopic (exact) mass is 390 g/mol. The standard InChI is InChI=1S/C14H19BrN2O4S/c1-4-9(2)17(8-13(19)20)12(18)7-16(3)14(21)10-5-6-11(15)22-10/h5-6,9H,4,7-8H2,1-3H3,(H,19,20). The summed E-state index contributed by atoms with van der Waals surface area (Å²) in [6.07, 6.45) is 0.647. The van der Waals surface area contributed by atoms with Gasteiger partial charge < -0.3 is 14.9 Å². The van der Waals surface area contributed by atoms with Crippen LogP contribution in [-0.4, -0.2) is 58.9 Å². The molecule has 2 amide bonds. The maximum Gasteiger partial charge on any atom is 0.323 e. The molecule has 1 aromatic rings. The number of carboxylic acids is 1. The summed E-state index contributed by atoms with van der Waals surface area (Å²) in [5.74, 6) is -1.70. The molecule has 1 unspecified atom stereocenters. The summed E-state index contributed by atoms with van der Waals surface area (Å²) in [4.78, 5) is 38.5. The van der Waals surface area contributed by atoms with E-state index in [-0.39, 0.29) is 30.9 Å². The van der Waals surface area contributed by atoms with Gasteiger partial charge in [0.1, 0.15) is 6.54 Å². The van der Waals surface area contributed by atoms with Crippen molar-refractivity contribution in [2.24, 2.45) is 0 Å². The van der Waals surface area contributed by atoms with Crippen LogP contribution in [0, 0.1) is 0 Å². The lowest BCUT2D eigenvalue weighted by Gasteiger charge is -2.28. The Kier molecular flexibility index (Phi) is 7.02. The minimum absolute atomic E-state index is 0.147. The lowest BCUT2D eigenvalue weighted by atomic mass is 10.2. The smallest absolute Gasteiger partial charge is 0.323 e. The SMILES string of the molecule is CCC(C)N(CC(=O)O)C(=O)CN(C)C(=O)c1ccc(Br)s1. The highest BCUT2D eigenvalue weighted by Gasteiger charge is 2.24. The molecule has 0 aliphatic rings. The molecule has 0 bridgehead atoms. The second kappa shape index (κ2) is 8.28. The second-order valence-corrected chi connectivity index (χ2v) is 7.40. The normalized spacial score (nSPS) is 11.8. The van der Waals surface area contributed by atoms with Gasteiger partial charge in [0.15, 0.2) is 0 Å². The minimum Gasteiger partial charge on any atom is -0.480 e. The van der Waals surface area contributed by atoms with Gasteiger partial charge in [-0.1, -0.05) is 6.92 Å². The van der Waals surface area contributed by atoms with Crippen LogP contribution >= 0.6 is 27.3 Å². The Labute approximate surface area is 141 Å². The zero-order valence-electron chi connectivity index (χ0n) is 12.7. The van der Waals surface area contributed by atoms with Crippen LogP contribution < -0.4 is 0 Å². The highest BCUT2D eigenvalue weighted by molar-refractivity contribution is 9.11. The molecular weight excluding hydrogens is 372 g/mol. The van der Waals surface area contributed by atoms with E-state index in [4.69, 9.17) is 5.11 Å². The number of carboxylic acid groups (broad SMARTS) is 1. The largest absolute Gasteiger partial charge is 0.480 e. The van der Waals surface area contributed by atoms with E-state index in [1.54, 1.807) is 19.1 Å². The van der Waals surface area contributed by atoms with E-state index < -0.39 is 5.97 Å². The Bertz CT molecular complexity index is 561. The van der Waals surface area contributed by atoms with Crippen molar-refractivity contribution >= 4 is 45.1 Å². The van der Waals surface area contributed by atoms with Crippen molar-refractivity contribution in [2.45, 2.75) is 26.3 Å². The molecule has 0 aliphatic carbocycles. The molecule has 0 saturated carbocycles. The first-order valence-corrected chi connectivity index (χ1v) is 8.39. The van der Waals surface area contributed by atoms with E-state index in [0.717, 1.165) is 3.79 Å². The first-order chi connectivity index (χ1) is 10.3. The Balaban J connectivity index is 2.75. The fourth-order valence-corrected chi connectivity index (χ4v) is 3.22. The maximum atomic E-state index is 12.3. The molecule has 1 heterocycles. The third-order valence-corrected chi connectivity index (χ3v) is 4.86. The van der Waals surface area contributed by atoms with Crippen LogP contribution in [0.4, 0.5) is 0 Å². The lowest BCUT2D eigenvalue weighted by Crippen LogP contribution is -2.47. The third-order valence-electron chi connectivity index (χ3n) is 3.25. The minimum atomic E-state index is -1.06. The number of aliphatic carboxylic acids is 1. The zero-order valence-corrected chi connectivity index (χ0v) is 15.1. The predicted molar refractivity (Wildman–Crippen MR) is 88.1 cm³/mol. The highest BCUT2D eigenvalue weighted by Crippen LogP contribution is 2.23. The van der Waals surface area contributed by atoms with Crippen molar-refractivity contribution in [3.05, 3.63) is 20.8 Å². The number of amides is 2. The molecule has 8 heteroatoms. The molecule has 1 N–H and O–H groups in total. The van der Waals surface area contributed by atoms with Crippen LogP contribution in [0.2, 0.25) is 0 Å². The van der Waals surface area contributed by atoms with Crippen molar-refractivity contribution in [3.63, 3.8) is 0 Å². The van der Waals surface area contributed by atoms with Crippen molar-refractivity contribution in [1.29, 1.82) is 0 Å². The van der Waals surface area contributed by atoms with Gasteiger partial charge in [-0.15, -0.1) is 11.3 Å². The van der Waals surface area contributed by atoms with Crippen molar-refractivity contribution in [2.75, 3.05) is 20.1 Å². The Hall–Kier alpha value is -1.41. The van der Waals surface area contributed by atoms with Gasteiger partial charge in [-0.2, -0.15) is 0 Å². The summed E-state index contributed by atoms with van der Waals surface area (Å²) in [7, 11) is 1.53. The van der Waals surface area contributed by atoms with Crippen LogP contribution in [0.25, 0.3) is 0 Å². The number of thiophene rings is 1. The van der Waals surface area contributed by atoms with Gasteiger partial charge in [-0.3, -0.25) is 14.4 Å². The molecule has 0 radical (unpaired) electrons. The number of hydrogen-bond acceptors (Lipinski definition) is 4. The molecule has 1 rings (SSSR count). The van der Waals surface area contributed by atoms with Gasteiger partial charge >= 0.3 is 5.97 Å². The Morgan fingerprint density at radius 3 is 2.41 bits per heavy atom. The lowest BCUT2D eigenvalue weighted by molar-refractivity contribution is -0.146. The molecule has 122 valence electrons. The number of hydrogen-bond donors (Lipinski definition) is 1. The summed E-state index contributed by atoms with van der Waals surface area (Å²) in [6.45, 7) is 3.16. The Morgan fingerprint density at radius 1 is 1.32 bits per heavy atom. The summed E-state index contributed by atoms with van der Waals surface area (Å²) in [6, 6.07) is 3.26. The summed E-state index contributed by atoms with van der Waals surface area (Å²) in [5, 5.41) is 8.92. The fraction of sp³-hybridized carbons (Fsp3) is 0.500. The average Bonchev–Trinajstić information content (AvgIpc) is 2.89. The van der Waals surface area contributed by atoms with Gasteiger partial charge in [0.25, 0.3) is 5.91 Å². The van der Waals surface area contributed by atoms with Crippen LogP contribution in [0.3, 0.4) is 0 Å². The quantitative estimate of drug-likeness (QED) is 0.774. The molecule has 6 nitrogen and oxygen atoms in total. The summed E-state index contributed by atoms with van der Waals surface area (Å²) < 4.78 is 0.836. The first-order valence-electron chi connectivity index (χ1n) is 6.78. The molecule has 0 saturated heterocycles. The number of nitrogens with zero attached hydrogens (tertiary/aromatic N) is 2. The molecule has 1 aromatic heterocycles. The molecule has 0 aliphatic heterocycles. The molecule has 0 aromatic carbocycles. The fourth-order valence-electron chi connectivity index (χ4n) is 1.84. The number of carbonyl (C=O) groups excluding carboxylic acids is 2. The zero-order chi connectivity index (χ0) is 16.9. The molecule has 1 atom stereocenters. The van der Waals surface area contributed by atoms with Crippen LogP contribution in [0.1, 0.15) is 29.9 Å². The van der Waals surface area contributed by atoms with Crippen molar-refractivity contribution in [1.82, 2.24) is 9.80 Å². The van der Waals surface area contributed by atoms with Crippen LogP contribution in [0.15, 0.2) is 15.9 Å². The Morgan fingerprint density at radius 2 is 1.95 bits per heavy atom. The van der Waals surface area contributed by atoms with Gasteiger partial charge in [0.2, 0.25) is 5.91 Å². The average molecular weight is 391 g/mol. The highest BCUT2D eigenvalue weighted by atomic mass is 79.9. The molecule has 0 fully saturated rings. The van der Waals surface area contributed by atoms with E-state index in [1.165, 1.54) is 28.2 Å². The number of likely N-dealkylation sites (N-methyl/N-ethyl adjacent to an activating group) is 1. The van der Waals surface area contributed by atoms with Gasteiger partial charge in [-0.25, -0.2) is 0 Å². The topological polar surface area (TPSA) is 77.9 Å². The van der Waals surface area contributed by atoms with Gasteiger partial charge in [0.05, 0.1) is 15.2 Å². The van der Waals surface area contributed by atoms with E-state index in [1.807, 2.05) is 6.92 Å². The van der Waals surface area contributed by atoms with E-state index >= 15 is 0 Å². The summed E-state index contributed by atoms with van der Waals surface area (Å²) in [5.41, 5.74) is 0. The predicted octanol–water partition coefficient (Wildman–Crippen LogP) is 2.29. The van der Waals surface area contributed by atoms with Gasteiger partial charge in [0, 0.05) is 13.1 Å². The van der Waals surface area contributed by atoms with E-state index in [2.05, 4.69) is 15.9 Å². The number of halogens is 1. The molecule has 22 heavy (non-hydrogen) atoms. The number of carbonyl (C=O) groups is 3. The van der Waals surface area contributed by atoms with E-state index in [9.17, 15) is 14.4 Å². The second-order valence-electron chi connectivity index (χ2n) is 4.94. The van der Waals surface area contributed by atoms with Crippen LogP contribution in [0.5, 0.6) is 0 Å². The van der Waals surface area contributed by atoms with Crippen LogP contribution in [-0.2, 0) is 9.59 Å². The van der Waals surface area contributed by atoms with Gasteiger partial charge in [-0.05, 0) is 41.4 Å². The van der Waals surface area contributed by atoms with Crippen molar-refractivity contribution < 1.29 is 19.5 Å². The van der Waals surface area contributed by atoms with E-state index in [0.29, 0.717) is 11.3 Å². The molecule has 0 spiro atoms. The number of rotatable bonds is 7. The molecular formula is C14H19BrN2O4S. The summed E-state index contributed by atoms with van der Waals surface area (Å²) >= 11 is 4.57. The van der Waals surface area contributed by atoms with Crippen molar-refractivity contribution in [3.8, 4) is 0 Å². The first kappa shape index (κ1) is 18.6.